The van der Waals surface area contributed by atoms with Crippen LogP contribution in [0.1, 0.15) is 18.5 Å². The summed E-state index contributed by atoms with van der Waals surface area (Å²) in [5.41, 5.74) is 1.17. The van der Waals surface area contributed by atoms with Crippen LogP contribution >= 0.6 is 0 Å². The maximum absolute atomic E-state index is 10.8. The van der Waals surface area contributed by atoms with Crippen molar-refractivity contribution in [1.82, 2.24) is 5.32 Å². The van der Waals surface area contributed by atoms with Gasteiger partial charge in [0.15, 0.2) is 6.61 Å². The zero-order chi connectivity index (χ0) is 12.0. The van der Waals surface area contributed by atoms with Gasteiger partial charge in [0.25, 0.3) is 0 Å². The van der Waals surface area contributed by atoms with Gasteiger partial charge in [-0.15, -0.1) is 0 Å². The molecule has 0 heterocycles. The smallest absolute Gasteiger partial charge is 0.343 e. The molecule has 4 nitrogen and oxygen atoms in total. The topological polar surface area (TPSA) is 47.6 Å². The molecule has 1 N–H and O–H groups in total. The number of hydrogen-bond donors (Lipinski definition) is 1. The van der Waals surface area contributed by atoms with Crippen molar-refractivity contribution in [2.24, 2.45) is 0 Å². The molecule has 0 amide bonds. The number of rotatable bonds is 5. The van der Waals surface area contributed by atoms with E-state index in [2.05, 4.69) is 17.0 Å². The van der Waals surface area contributed by atoms with Crippen LogP contribution in [0.5, 0.6) is 5.75 Å². The van der Waals surface area contributed by atoms with Crippen LogP contribution in [-0.2, 0) is 9.53 Å². The summed E-state index contributed by atoms with van der Waals surface area (Å²) < 4.78 is 9.71. The standard InChI is InChI=1S/C12H17NO3/c1-9(13-2)10-4-6-11(7-5-10)16-8-12(14)15-3/h4-7,9,13H,8H2,1-3H3. The molecule has 0 bridgehead atoms. The van der Waals surface area contributed by atoms with E-state index in [-0.39, 0.29) is 12.6 Å². The lowest BCUT2D eigenvalue weighted by Gasteiger charge is -2.11. The Hall–Kier alpha value is -1.55. The molecule has 16 heavy (non-hydrogen) atoms. The first-order valence-corrected chi connectivity index (χ1v) is 5.14. The van der Waals surface area contributed by atoms with Crippen LogP contribution in [0.4, 0.5) is 0 Å². The number of esters is 1. The van der Waals surface area contributed by atoms with Gasteiger partial charge < -0.3 is 14.8 Å². The quantitative estimate of drug-likeness (QED) is 0.769. The lowest BCUT2D eigenvalue weighted by atomic mass is 10.1. The molecular formula is C12H17NO3. The summed E-state index contributed by atoms with van der Waals surface area (Å²) in [6, 6.07) is 7.91. The molecule has 0 radical (unpaired) electrons. The Kier molecular flexibility index (Phi) is 4.79. The molecule has 4 heteroatoms. The van der Waals surface area contributed by atoms with Gasteiger partial charge in [-0.3, -0.25) is 0 Å². The third-order valence-corrected chi connectivity index (χ3v) is 2.40. The summed E-state index contributed by atoms with van der Waals surface area (Å²) >= 11 is 0. The Morgan fingerprint density at radius 2 is 2.00 bits per heavy atom. The number of hydrogen-bond acceptors (Lipinski definition) is 4. The van der Waals surface area contributed by atoms with Gasteiger partial charge in [0, 0.05) is 6.04 Å². The Balaban J connectivity index is 2.54. The average Bonchev–Trinajstić information content (AvgIpc) is 2.35. The van der Waals surface area contributed by atoms with Gasteiger partial charge in [-0.25, -0.2) is 4.79 Å². The fourth-order valence-corrected chi connectivity index (χ4v) is 1.22. The van der Waals surface area contributed by atoms with E-state index in [4.69, 9.17) is 4.74 Å². The third kappa shape index (κ3) is 3.55. The Labute approximate surface area is 95.6 Å². The summed E-state index contributed by atoms with van der Waals surface area (Å²) in [7, 11) is 3.25. The van der Waals surface area contributed by atoms with Crippen LogP contribution in [0.15, 0.2) is 24.3 Å². The van der Waals surface area contributed by atoms with E-state index in [1.54, 1.807) is 0 Å². The average molecular weight is 223 g/mol. The number of methoxy groups -OCH3 is 1. The van der Waals surface area contributed by atoms with Crippen LogP contribution in [0.2, 0.25) is 0 Å². The lowest BCUT2D eigenvalue weighted by Crippen LogP contribution is -2.13. The van der Waals surface area contributed by atoms with Gasteiger partial charge in [0.1, 0.15) is 5.75 Å². The van der Waals surface area contributed by atoms with Crippen LogP contribution in [0, 0.1) is 0 Å². The molecule has 1 atom stereocenters. The van der Waals surface area contributed by atoms with Crippen LogP contribution in [-0.4, -0.2) is 26.7 Å². The molecule has 88 valence electrons. The molecule has 1 aromatic carbocycles. The monoisotopic (exact) mass is 223 g/mol. The zero-order valence-corrected chi connectivity index (χ0v) is 9.82. The van der Waals surface area contributed by atoms with Gasteiger partial charge in [0.2, 0.25) is 0 Å². The molecule has 0 aliphatic rings. The van der Waals surface area contributed by atoms with E-state index >= 15 is 0 Å². The van der Waals surface area contributed by atoms with Crippen molar-refractivity contribution in [3.8, 4) is 5.75 Å². The third-order valence-electron chi connectivity index (χ3n) is 2.40. The molecule has 0 spiro atoms. The van der Waals surface area contributed by atoms with Crippen LogP contribution in [0.25, 0.3) is 0 Å². The van der Waals surface area contributed by atoms with E-state index in [9.17, 15) is 4.79 Å². The minimum absolute atomic E-state index is 0.0581. The molecule has 1 unspecified atom stereocenters. The molecular weight excluding hydrogens is 206 g/mol. The molecule has 0 saturated heterocycles. The lowest BCUT2D eigenvalue weighted by molar-refractivity contribution is -0.142. The fourth-order valence-electron chi connectivity index (χ4n) is 1.22. The van der Waals surface area contributed by atoms with Crippen molar-refractivity contribution in [2.75, 3.05) is 20.8 Å². The van der Waals surface area contributed by atoms with E-state index in [0.29, 0.717) is 11.8 Å². The predicted molar refractivity (Wildman–Crippen MR) is 61.4 cm³/mol. The second-order valence-electron chi connectivity index (χ2n) is 3.44. The van der Waals surface area contributed by atoms with Gasteiger partial charge in [-0.2, -0.15) is 0 Å². The van der Waals surface area contributed by atoms with Gasteiger partial charge in [-0.05, 0) is 31.7 Å². The minimum Gasteiger partial charge on any atom is -0.482 e. The largest absolute Gasteiger partial charge is 0.482 e. The Bertz CT molecular complexity index is 335. The molecule has 0 aromatic heterocycles. The number of benzene rings is 1. The first-order chi connectivity index (χ1) is 7.67. The zero-order valence-electron chi connectivity index (χ0n) is 9.82. The van der Waals surface area contributed by atoms with E-state index in [1.807, 2.05) is 31.3 Å². The molecule has 0 saturated carbocycles. The highest BCUT2D eigenvalue weighted by Gasteiger charge is 2.04. The Morgan fingerprint density at radius 1 is 1.38 bits per heavy atom. The first kappa shape index (κ1) is 12.5. The van der Waals surface area contributed by atoms with Crippen molar-refractivity contribution in [3.63, 3.8) is 0 Å². The summed E-state index contributed by atoms with van der Waals surface area (Å²) in [4.78, 5) is 10.8. The molecule has 1 rings (SSSR count). The number of carbonyl (C=O) groups excluding carboxylic acids is 1. The van der Waals surface area contributed by atoms with Gasteiger partial charge in [-0.1, -0.05) is 12.1 Å². The molecule has 0 aliphatic heterocycles. The maximum Gasteiger partial charge on any atom is 0.343 e. The Morgan fingerprint density at radius 3 is 2.50 bits per heavy atom. The molecule has 0 aliphatic carbocycles. The first-order valence-electron chi connectivity index (χ1n) is 5.14. The number of ether oxygens (including phenoxy) is 2. The van der Waals surface area contributed by atoms with Crippen molar-refractivity contribution >= 4 is 5.97 Å². The second kappa shape index (κ2) is 6.12. The highest BCUT2D eigenvalue weighted by molar-refractivity contribution is 5.70. The fraction of sp³-hybridized carbons (Fsp3) is 0.417. The van der Waals surface area contributed by atoms with Gasteiger partial charge in [0.05, 0.1) is 7.11 Å². The van der Waals surface area contributed by atoms with E-state index in [1.165, 1.54) is 12.7 Å². The SMILES string of the molecule is CNC(C)c1ccc(OCC(=O)OC)cc1. The van der Waals surface area contributed by atoms with Crippen molar-refractivity contribution in [2.45, 2.75) is 13.0 Å². The van der Waals surface area contributed by atoms with Crippen molar-refractivity contribution in [3.05, 3.63) is 29.8 Å². The molecule has 0 fully saturated rings. The second-order valence-corrected chi connectivity index (χ2v) is 3.44. The van der Waals surface area contributed by atoms with Crippen molar-refractivity contribution < 1.29 is 14.3 Å². The minimum atomic E-state index is -0.382. The summed E-state index contributed by atoms with van der Waals surface area (Å²) in [6.07, 6.45) is 0. The van der Waals surface area contributed by atoms with E-state index < -0.39 is 0 Å². The predicted octanol–water partition coefficient (Wildman–Crippen LogP) is 1.52. The summed E-state index contributed by atoms with van der Waals surface area (Å²) in [6.45, 7) is 2.02. The van der Waals surface area contributed by atoms with Crippen LogP contribution in [0.3, 0.4) is 0 Å². The van der Waals surface area contributed by atoms with Crippen LogP contribution < -0.4 is 10.1 Å². The van der Waals surface area contributed by atoms with E-state index in [0.717, 1.165) is 0 Å². The highest BCUT2D eigenvalue weighted by Crippen LogP contribution is 2.17. The van der Waals surface area contributed by atoms with Gasteiger partial charge >= 0.3 is 5.97 Å². The normalized spacial score (nSPS) is 11.9. The maximum atomic E-state index is 10.8. The molecule has 1 aromatic rings. The summed E-state index contributed by atoms with van der Waals surface area (Å²) in [5.74, 6) is 0.283. The van der Waals surface area contributed by atoms with Crippen molar-refractivity contribution in [1.29, 1.82) is 0 Å². The number of carbonyl (C=O) groups is 1. The number of nitrogens with one attached hydrogen (secondary N) is 1. The summed E-state index contributed by atoms with van der Waals surface area (Å²) in [5, 5.41) is 3.15. The highest BCUT2D eigenvalue weighted by atomic mass is 16.6.